The molecule has 0 aliphatic carbocycles. The van der Waals surface area contributed by atoms with Crippen molar-refractivity contribution in [3.8, 4) is 23.3 Å². The number of hydrogen-bond acceptors (Lipinski definition) is 11. The molecule has 2 atom stereocenters. The van der Waals surface area contributed by atoms with Crippen LogP contribution in [0.25, 0.3) is 16.6 Å². The van der Waals surface area contributed by atoms with Crippen molar-refractivity contribution in [2.24, 2.45) is 5.92 Å². The van der Waals surface area contributed by atoms with E-state index in [1.54, 1.807) is 18.2 Å². The van der Waals surface area contributed by atoms with Crippen molar-refractivity contribution in [1.29, 1.82) is 5.26 Å². The highest BCUT2D eigenvalue weighted by Crippen LogP contribution is 2.36. The maximum Gasteiger partial charge on any atom is 0.301 e. The van der Waals surface area contributed by atoms with Crippen molar-refractivity contribution >= 4 is 50.0 Å². The maximum atomic E-state index is 15.2. The molecule has 0 saturated carbocycles. The lowest BCUT2D eigenvalue weighted by Crippen LogP contribution is -2.55. The summed E-state index contributed by atoms with van der Waals surface area (Å²) in [5.74, 6) is -2.67. The number of piperidine rings is 1. The Morgan fingerprint density at radius 2 is 1.62 bits per heavy atom. The van der Waals surface area contributed by atoms with E-state index in [0.717, 1.165) is 67.9 Å². The minimum absolute atomic E-state index is 0.00529. The zero-order valence-corrected chi connectivity index (χ0v) is 34.7. The molecule has 15 nitrogen and oxygen atoms in total. The Morgan fingerprint density at radius 1 is 0.857 bits per heavy atom. The smallest absolute Gasteiger partial charge is 0.301 e. The second-order valence-electron chi connectivity index (χ2n) is 16.3. The second kappa shape index (κ2) is 17.0. The summed E-state index contributed by atoms with van der Waals surface area (Å²) in [7, 11) is -4.24. The largest absolute Gasteiger partial charge is 0.453 e. The molecule has 2 N–H and O–H groups in total. The number of piperazine rings is 1. The summed E-state index contributed by atoms with van der Waals surface area (Å²) in [4.78, 5) is 48.7. The summed E-state index contributed by atoms with van der Waals surface area (Å²) in [6.07, 6.45) is 0.758. The van der Waals surface area contributed by atoms with Crippen molar-refractivity contribution < 1.29 is 35.9 Å². The van der Waals surface area contributed by atoms with Crippen molar-refractivity contribution in [2.75, 3.05) is 73.4 Å². The molecule has 0 radical (unpaired) electrons. The molecule has 1 unspecified atom stereocenters. The summed E-state index contributed by atoms with van der Waals surface area (Å²) in [6.45, 7) is 5.29. The topological polar surface area (TPSA) is 173 Å². The van der Waals surface area contributed by atoms with Gasteiger partial charge < -0.3 is 14.5 Å². The Balaban J connectivity index is 0.808. The summed E-state index contributed by atoms with van der Waals surface area (Å²) < 4.78 is 80.1. The molecule has 4 saturated heterocycles. The third-order valence-electron chi connectivity index (χ3n) is 12.1. The SMILES string of the molecule is N#Cc1c(NS(=O)(=O)N2CC[C@@H](F)C2)ccc(F)c1Oc1ccc2ncn(-c3ccc(N4CCN(CC5CN(c6ccc(C7CCC(=O)NC7=O)cc6F)C5)CC4)cc3)c(=O)c2c1. The molecule has 19 heteroatoms. The number of benzene rings is 4. The lowest BCUT2D eigenvalue weighted by molar-refractivity contribution is -0.134. The molecule has 0 spiro atoms. The number of hydrogen-bond donors (Lipinski definition) is 2. The van der Waals surface area contributed by atoms with Crippen LogP contribution in [-0.4, -0.2) is 104 Å². The quantitative estimate of drug-likeness (QED) is 0.175. The fourth-order valence-electron chi connectivity index (χ4n) is 8.70. The average Bonchev–Trinajstić information content (AvgIpc) is 3.71. The van der Waals surface area contributed by atoms with Crippen molar-refractivity contribution in [3.05, 3.63) is 112 Å². The number of carbonyl (C=O) groups excluding carboxylic acids is 2. The van der Waals surface area contributed by atoms with E-state index in [2.05, 4.69) is 24.8 Å². The van der Waals surface area contributed by atoms with E-state index in [1.165, 1.54) is 35.2 Å². The van der Waals surface area contributed by atoms with Crippen LogP contribution in [0, 0.1) is 28.9 Å². The Morgan fingerprint density at radius 3 is 2.32 bits per heavy atom. The van der Waals surface area contributed by atoms with E-state index < -0.39 is 45.0 Å². The predicted octanol–water partition coefficient (Wildman–Crippen LogP) is 4.81. The molecule has 63 heavy (non-hydrogen) atoms. The number of nitriles is 1. The van der Waals surface area contributed by atoms with Gasteiger partial charge in [-0.25, -0.2) is 18.2 Å². The predicted molar refractivity (Wildman–Crippen MR) is 228 cm³/mol. The number of halogens is 3. The summed E-state index contributed by atoms with van der Waals surface area (Å²) >= 11 is 0. The standard InChI is InChI=1S/C44H42F3N9O6S/c45-29-13-14-55(25-29)63(60,61)51-39-10-8-36(46)42(35(39)21-48)62-32-6-9-38-34(20-32)44(59)56(26-49-38)31-4-2-30(3-5-31)53-17-15-52(16-18-53)22-27-23-54(24-27)40-11-1-28(19-37(40)47)33-7-12-41(57)50-43(33)58/h1-6,8-11,19-20,26-27,29,33,51H,7,12-18,22-25H2,(H,50,57,58)/t29-,33?/m1/s1. The molecule has 4 aromatic carbocycles. The third kappa shape index (κ3) is 8.53. The van der Waals surface area contributed by atoms with E-state index in [4.69, 9.17) is 4.74 Å². The van der Waals surface area contributed by atoms with Crippen LogP contribution in [0.1, 0.15) is 36.3 Å². The second-order valence-corrected chi connectivity index (χ2v) is 17.9. The normalized spacial score (nSPS) is 20.1. The zero-order chi connectivity index (χ0) is 44.0. The first kappa shape index (κ1) is 41.8. The molecule has 5 heterocycles. The number of fused-ring (bicyclic) bond motifs is 1. The summed E-state index contributed by atoms with van der Waals surface area (Å²) in [6, 6.07) is 20.6. The first-order valence-electron chi connectivity index (χ1n) is 20.6. The molecule has 9 rings (SSSR count). The average molecular weight is 882 g/mol. The summed E-state index contributed by atoms with van der Waals surface area (Å²) in [5.41, 5.74) is 1.90. The Hall–Kier alpha value is -6.49. The molecular weight excluding hydrogens is 840 g/mol. The van der Waals surface area contributed by atoms with Crippen molar-refractivity contribution in [1.82, 2.24) is 24.1 Å². The first-order valence-corrected chi connectivity index (χ1v) is 22.1. The van der Waals surface area contributed by atoms with Gasteiger partial charge in [-0.05, 0) is 85.1 Å². The number of anilines is 3. The van der Waals surface area contributed by atoms with Gasteiger partial charge in [0.2, 0.25) is 11.8 Å². The number of imide groups is 1. The monoisotopic (exact) mass is 881 g/mol. The number of amides is 2. The van der Waals surface area contributed by atoms with Gasteiger partial charge in [-0.1, -0.05) is 6.07 Å². The molecule has 4 aliphatic rings. The number of carbonyl (C=O) groups is 2. The van der Waals surface area contributed by atoms with Gasteiger partial charge in [-0.2, -0.15) is 18.0 Å². The van der Waals surface area contributed by atoms with E-state index in [-0.39, 0.29) is 60.4 Å². The van der Waals surface area contributed by atoms with Crippen LogP contribution < -0.4 is 30.1 Å². The Kier molecular flexibility index (Phi) is 11.3. The minimum Gasteiger partial charge on any atom is -0.453 e. The Bertz CT molecular complexity index is 2830. The molecule has 4 fully saturated rings. The number of nitrogens with zero attached hydrogens (tertiary/aromatic N) is 7. The lowest BCUT2D eigenvalue weighted by Gasteiger charge is -2.45. The van der Waals surface area contributed by atoms with Gasteiger partial charge in [-0.15, -0.1) is 0 Å². The molecule has 326 valence electrons. The molecular formula is C44H42F3N9O6S. The van der Waals surface area contributed by atoms with Gasteiger partial charge in [0.1, 0.15) is 35.7 Å². The number of aromatic nitrogens is 2. The van der Waals surface area contributed by atoms with E-state index in [0.29, 0.717) is 34.8 Å². The Labute approximate surface area is 360 Å². The van der Waals surface area contributed by atoms with Gasteiger partial charge in [-0.3, -0.25) is 33.9 Å². The highest BCUT2D eigenvalue weighted by molar-refractivity contribution is 7.90. The van der Waals surface area contributed by atoms with E-state index >= 15 is 8.78 Å². The fraction of sp³-hybridized carbons (Fsp3) is 0.341. The van der Waals surface area contributed by atoms with Gasteiger partial charge >= 0.3 is 10.2 Å². The molecule has 1 aromatic heterocycles. The van der Waals surface area contributed by atoms with Crippen LogP contribution >= 0.6 is 0 Å². The number of alkyl halides is 1. The van der Waals surface area contributed by atoms with Crippen LogP contribution in [0.5, 0.6) is 11.5 Å². The first-order chi connectivity index (χ1) is 30.3. The van der Waals surface area contributed by atoms with Crippen LogP contribution in [0.3, 0.4) is 0 Å². The zero-order valence-electron chi connectivity index (χ0n) is 33.8. The van der Waals surface area contributed by atoms with Crippen LogP contribution in [0.2, 0.25) is 0 Å². The van der Waals surface area contributed by atoms with Gasteiger partial charge in [0, 0.05) is 76.9 Å². The number of rotatable bonds is 11. The third-order valence-corrected chi connectivity index (χ3v) is 13.6. The summed E-state index contributed by atoms with van der Waals surface area (Å²) in [5, 5.41) is 12.4. The van der Waals surface area contributed by atoms with Crippen molar-refractivity contribution in [2.45, 2.75) is 31.4 Å². The van der Waals surface area contributed by atoms with Crippen molar-refractivity contribution in [3.63, 3.8) is 0 Å². The highest BCUT2D eigenvalue weighted by Gasteiger charge is 2.34. The van der Waals surface area contributed by atoms with Crippen LogP contribution in [0.4, 0.5) is 30.2 Å². The van der Waals surface area contributed by atoms with Crippen LogP contribution in [-0.2, 0) is 19.8 Å². The highest BCUT2D eigenvalue weighted by atomic mass is 32.2. The lowest BCUT2D eigenvalue weighted by atomic mass is 9.90. The number of ether oxygens (including phenoxy) is 1. The molecule has 0 bridgehead atoms. The minimum atomic E-state index is -4.24. The van der Waals surface area contributed by atoms with Gasteiger partial charge in [0.25, 0.3) is 5.56 Å². The van der Waals surface area contributed by atoms with Crippen LogP contribution in [0.15, 0.2) is 83.9 Å². The molecule has 5 aromatic rings. The number of nitrogens with one attached hydrogen (secondary N) is 2. The fourth-order valence-corrected chi connectivity index (χ4v) is 9.98. The van der Waals surface area contributed by atoms with Gasteiger partial charge in [0.05, 0.1) is 33.9 Å². The van der Waals surface area contributed by atoms with E-state index in [9.17, 15) is 32.5 Å². The van der Waals surface area contributed by atoms with E-state index in [1.807, 2.05) is 29.2 Å². The molecule has 4 aliphatic heterocycles. The maximum absolute atomic E-state index is 15.2. The van der Waals surface area contributed by atoms with Gasteiger partial charge in [0.15, 0.2) is 11.6 Å². The molecule has 2 amide bonds.